The number of phenolic OH excluding ortho intramolecular Hbond substituents is 3. The quantitative estimate of drug-likeness (QED) is 0.0550. The monoisotopic (exact) mass is 1650 g/mol. The van der Waals surface area contributed by atoms with Crippen molar-refractivity contribution in [2.75, 3.05) is 45.2 Å². The summed E-state index contributed by atoms with van der Waals surface area (Å²) in [6, 6.07) is 3.60. The Morgan fingerprint density at radius 2 is 1.25 bits per heavy atom. The van der Waals surface area contributed by atoms with Gasteiger partial charge >= 0.3 is 6.03 Å². The summed E-state index contributed by atoms with van der Waals surface area (Å²) in [5.41, 5.74) is 15.6. The molecule has 10 aliphatic rings. The number of ether oxygens (including phenoxy) is 6. The fourth-order valence-corrected chi connectivity index (χ4v) is 17.1. The van der Waals surface area contributed by atoms with E-state index in [1.165, 1.54) is 62.5 Å². The third-order valence-electron chi connectivity index (χ3n) is 22.4. The third kappa shape index (κ3) is 18.3. The van der Waals surface area contributed by atoms with Gasteiger partial charge in [0.1, 0.15) is 115 Å². The Morgan fingerprint density at radius 1 is 0.619 bits per heavy atom. The van der Waals surface area contributed by atoms with Crippen LogP contribution >= 0.6 is 11.6 Å². The number of rotatable bonds is 19. The van der Waals surface area contributed by atoms with Gasteiger partial charge in [0.25, 0.3) is 0 Å². The molecule has 0 radical (unpaired) electrons. The minimum atomic E-state index is -2.37. The summed E-state index contributed by atoms with van der Waals surface area (Å²) in [6.45, 7) is 5.00. The standard InChI is InChI=1S/C81H96ClN13O23/c1-33(2)17-48(86-4)73(105)94-65-67(100)38-6-10-52(34(3)18-38)115-56-26-42-27-57(72(56)118-80-71(104)70(103)69(102)58(32-85)117-80)116-53-11-7-39(25-47(53)82)68(101)66-79(111)93-64(77(109)90-61-40-20-35-19-36(22-40)23-41(61)21-35)46-29-44(96)30-51(98)60(46)45-24-37(5-9-50(45)97)62(75(107)95-66)92-76(108)63(42)91-74(106)49(88-78(65)110)31-59(99)89-81(112)87-43-8-12-54(113-15-13-83)55(28-43)114-16-14-84/h5-12,18,24-30,33,35-36,40-41,48-49,58,61-71,80,86,96-98,100-104H,13-17,19-23,31-32,83-85H2,1-4H3,(H,88,110)(H,90,109)(H,91,106)(H,92,108)(H,93,111)(H,94,105)(H,95,107)(H2,87,89,99,112)/t35?,36?,40?,41?,48-,49+,58-,61?,62-,63-,64+,65-,66+,67-,68-,69-,70+,71-,80+/m1/s1. The van der Waals surface area contributed by atoms with Crippen LogP contribution in [0.4, 0.5) is 10.5 Å². The maximum absolute atomic E-state index is 16.5. The zero-order chi connectivity index (χ0) is 84.4. The average molecular weight is 1660 g/mol. The SMILES string of the molecule is CN[C@H](CC(C)C)C(=O)N[C@H]1C(=O)N[C@@H](CC(=O)NC(=O)Nc2ccc(OCCN)c(OCCN)c2)C(=O)N[C@H]2C(=O)N[C@H]3C(=O)N[C@H](C(=O)N[C@H](C(=O)NC4C5CC6CC(C5)CC4C6)c4cc(O)cc(O)c4-c4cc3ccc4O)[C@H](O)c3ccc(c(Cl)c3)Oc3cc2cc(c3O[C@@H]2O[C@H](CN)[C@@H](O)[C@H](O)[C@H]2O)Oc2ccc(cc2C)[C@H]1O. The lowest BCUT2D eigenvalue weighted by Crippen LogP contribution is -2.60. The molecule has 4 aliphatic carbocycles. The molecule has 6 aromatic rings. The van der Waals surface area contributed by atoms with Crippen LogP contribution in [0.2, 0.25) is 5.02 Å². The smallest absolute Gasteiger partial charge is 0.325 e. The molecule has 15 bridgehead atoms. The molecule has 1 saturated heterocycles. The Hall–Kier alpha value is -11.2. The van der Waals surface area contributed by atoms with Crippen LogP contribution in [-0.2, 0) is 43.1 Å². The highest BCUT2D eigenvalue weighted by Crippen LogP contribution is 2.55. The second-order valence-corrected chi connectivity index (χ2v) is 31.6. The summed E-state index contributed by atoms with van der Waals surface area (Å²) in [4.78, 5) is 138. The van der Waals surface area contributed by atoms with Crippen molar-refractivity contribution in [1.29, 1.82) is 0 Å². The molecule has 0 aromatic heterocycles. The number of aromatic hydroxyl groups is 3. The van der Waals surface area contributed by atoms with Gasteiger partial charge in [0.15, 0.2) is 23.0 Å². The van der Waals surface area contributed by atoms with Gasteiger partial charge in [-0.25, -0.2) is 4.79 Å². The predicted octanol–water partition coefficient (Wildman–Crippen LogP) is 1.88. The number of carbonyl (C=O) groups excluding carboxylic acids is 9. The molecule has 24 N–H and O–H groups in total. The van der Waals surface area contributed by atoms with Crippen molar-refractivity contribution in [1.82, 2.24) is 47.9 Å². The van der Waals surface area contributed by atoms with Crippen molar-refractivity contribution in [3.8, 4) is 68.6 Å². The zero-order valence-electron chi connectivity index (χ0n) is 64.6. The van der Waals surface area contributed by atoms with Gasteiger partial charge in [0.05, 0.1) is 17.5 Å². The van der Waals surface area contributed by atoms with Crippen LogP contribution in [0.3, 0.4) is 0 Å². The first-order valence-corrected chi connectivity index (χ1v) is 39.2. The molecule has 10 amide bonds. The molecule has 0 spiro atoms. The molecular weight excluding hydrogens is 1560 g/mol. The second kappa shape index (κ2) is 36.0. The topological polar surface area (TPSA) is 569 Å². The summed E-state index contributed by atoms with van der Waals surface area (Å²) in [7, 11) is 1.49. The van der Waals surface area contributed by atoms with E-state index in [9.17, 15) is 55.2 Å². The van der Waals surface area contributed by atoms with Crippen molar-refractivity contribution in [2.24, 2.45) is 46.8 Å². The minimum absolute atomic E-state index is 0.00838. The molecule has 5 fully saturated rings. The number of likely N-dealkylation sites (N-methyl/N-ethyl adjacent to an activating group) is 1. The minimum Gasteiger partial charge on any atom is -0.508 e. The first kappa shape index (κ1) is 84.7. The lowest BCUT2D eigenvalue weighted by molar-refractivity contribution is -0.270. The van der Waals surface area contributed by atoms with Gasteiger partial charge in [0.2, 0.25) is 59.3 Å². The molecule has 36 nitrogen and oxygen atoms in total. The molecule has 6 aromatic carbocycles. The summed E-state index contributed by atoms with van der Waals surface area (Å²) in [6.07, 6.45) is -10.1. The van der Waals surface area contributed by atoms with E-state index in [-0.39, 0.29) is 129 Å². The molecule has 6 aliphatic heterocycles. The number of hydrogen-bond acceptors (Lipinski definition) is 27. The first-order chi connectivity index (χ1) is 56.4. The third-order valence-corrected chi connectivity index (χ3v) is 22.7. The van der Waals surface area contributed by atoms with Crippen LogP contribution in [0.25, 0.3) is 11.1 Å². The van der Waals surface area contributed by atoms with Gasteiger partial charge in [-0.15, -0.1) is 0 Å². The fourth-order valence-electron chi connectivity index (χ4n) is 16.9. The molecule has 118 heavy (non-hydrogen) atoms. The number of urea groups is 1. The van der Waals surface area contributed by atoms with E-state index in [4.69, 9.17) is 57.2 Å². The number of nitrogens with one attached hydrogen (secondary N) is 10. The van der Waals surface area contributed by atoms with Crippen LogP contribution in [0.15, 0.2) is 97.1 Å². The number of hydrogen-bond donors (Lipinski definition) is 21. The van der Waals surface area contributed by atoms with E-state index in [1.54, 1.807) is 0 Å². The fraction of sp³-hybridized carbons (Fsp3) is 0.444. The van der Waals surface area contributed by atoms with E-state index in [0.717, 1.165) is 80.6 Å². The van der Waals surface area contributed by atoms with Gasteiger partial charge in [-0.05, 0) is 182 Å². The molecule has 0 unspecified atom stereocenters. The van der Waals surface area contributed by atoms with Crippen LogP contribution < -0.4 is 94.1 Å². The lowest BCUT2D eigenvalue weighted by atomic mass is 9.54. The number of phenols is 3. The number of nitrogens with two attached hydrogens (primary N) is 3. The summed E-state index contributed by atoms with van der Waals surface area (Å²) < 4.78 is 37.3. The van der Waals surface area contributed by atoms with Crippen molar-refractivity contribution >= 4 is 70.6 Å². The number of anilines is 1. The molecule has 630 valence electrons. The van der Waals surface area contributed by atoms with Gasteiger partial charge in [-0.1, -0.05) is 43.6 Å². The predicted molar refractivity (Wildman–Crippen MR) is 419 cm³/mol. The number of halogens is 1. The maximum atomic E-state index is 16.5. The van der Waals surface area contributed by atoms with E-state index in [2.05, 4.69) is 53.2 Å². The summed E-state index contributed by atoms with van der Waals surface area (Å²) >= 11 is 7.19. The molecular formula is C81H96ClN13O23. The number of aryl methyl sites for hydroxylation is 1. The molecule has 16 rings (SSSR count). The molecule has 4 saturated carbocycles. The maximum Gasteiger partial charge on any atom is 0.325 e. The van der Waals surface area contributed by atoms with E-state index < -0.39 is 192 Å². The molecule has 37 heteroatoms. The zero-order valence-corrected chi connectivity index (χ0v) is 65.3. The first-order valence-electron chi connectivity index (χ1n) is 38.9. The van der Waals surface area contributed by atoms with E-state index in [1.807, 2.05) is 13.8 Å². The number of imide groups is 1. The van der Waals surface area contributed by atoms with E-state index in [0.29, 0.717) is 11.8 Å². The number of aliphatic hydroxyl groups is 5. The van der Waals surface area contributed by atoms with Crippen molar-refractivity contribution in [3.63, 3.8) is 0 Å². The number of carbonyl (C=O) groups is 9. The van der Waals surface area contributed by atoms with Crippen molar-refractivity contribution in [2.45, 2.75) is 157 Å². The Kier molecular flexibility index (Phi) is 25.8. The number of amides is 10. The van der Waals surface area contributed by atoms with Crippen LogP contribution in [0, 0.1) is 36.5 Å². The van der Waals surface area contributed by atoms with Gasteiger partial charge < -0.3 is 134 Å². The number of aliphatic hydroxyl groups excluding tert-OH is 5. The average Bonchev–Trinajstić information content (AvgIpc) is 0.755. The molecule has 14 atom stereocenters. The normalized spacial score (nSPS) is 27.4. The summed E-state index contributed by atoms with van der Waals surface area (Å²) in [5.74, 6) is -12.7. The Balaban J connectivity index is 0.986. The highest BCUT2D eigenvalue weighted by atomic mass is 35.5. The number of benzene rings is 6. The second-order valence-electron chi connectivity index (χ2n) is 31.2. The van der Waals surface area contributed by atoms with E-state index >= 15 is 28.8 Å². The Labute approximate surface area is 680 Å². The van der Waals surface area contributed by atoms with Crippen LogP contribution in [0.1, 0.15) is 123 Å². The van der Waals surface area contributed by atoms with Crippen LogP contribution in [0.5, 0.6) is 57.5 Å². The van der Waals surface area contributed by atoms with Gasteiger partial charge in [0, 0.05) is 54.6 Å². The lowest BCUT2D eigenvalue weighted by Gasteiger charge is -2.54. The largest absolute Gasteiger partial charge is 0.508 e. The highest BCUT2D eigenvalue weighted by Gasteiger charge is 2.51. The Bertz CT molecular complexity index is 4840. The highest BCUT2D eigenvalue weighted by molar-refractivity contribution is 6.32. The van der Waals surface area contributed by atoms with Gasteiger partial charge in [-0.2, -0.15) is 0 Å². The van der Waals surface area contributed by atoms with Gasteiger partial charge in [-0.3, -0.25) is 43.7 Å². The molecule has 6 heterocycles. The Morgan fingerprint density at radius 3 is 1.91 bits per heavy atom. The van der Waals surface area contributed by atoms with Crippen molar-refractivity contribution < 1.29 is 112 Å². The number of fused-ring (bicyclic) bond motifs is 15. The van der Waals surface area contributed by atoms with Crippen molar-refractivity contribution in [3.05, 3.63) is 135 Å². The summed E-state index contributed by atoms with van der Waals surface area (Å²) in [5, 5.41) is 121. The van der Waals surface area contributed by atoms with Crippen LogP contribution in [-0.4, -0.2) is 195 Å².